The van der Waals surface area contributed by atoms with Gasteiger partial charge in [0.1, 0.15) is 12.4 Å². The lowest BCUT2D eigenvalue weighted by Gasteiger charge is -2.10. The molecule has 0 radical (unpaired) electrons. The molecule has 1 aromatic carbocycles. The number of hydrogen-bond donors (Lipinski definition) is 2. The van der Waals surface area contributed by atoms with E-state index in [2.05, 4.69) is 20.2 Å². The van der Waals surface area contributed by atoms with Crippen LogP contribution in [0, 0.1) is 0 Å². The lowest BCUT2D eigenvalue weighted by molar-refractivity contribution is 0.220. The number of aromatic amines is 1. The van der Waals surface area contributed by atoms with E-state index < -0.39 is 6.10 Å². The van der Waals surface area contributed by atoms with Gasteiger partial charge in [0.15, 0.2) is 0 Å². The molecule has 3 rings (SSSR count). The third-order valence-corrected chi connectivity index (χ3v) is 2.92. The smallest absolute Gasteiger partial charge is 0.115 e. The number of rotatable bonds is 3. The minimum atomic E-state index is -0.796. The van der Waals surface area contributed by atoms with Crippen LogP contribution in [-0.4, -0.2) is 25.3 Å². The maximum Gasteiger partial charge on any atom is 0.115 e. The van der Waals surface area contributed by atoms with E-state index in [1.165, 1.54) is 6.33 Å². The van der Waals surface area contributed by atoms with Crippen LogP contribution in [-0.2, 0) is 0 Å². The topological polar surface area (TPSA) is 74.7 Å². The van der Waals surface area contributed by atoms with Crippen molar-refractivity contribution in [2.24, 2.45) is 0 Å². The van der Waals surface area contributed by atoms with Crippen molar-refractivity contribution in [3.8, 4) is 11.3 Å². The van der Waals surface area contributed by atoms with E-state index in [1.807, 2.05) is 30.3 Å². The highest BCUT2D eigenvalue weighted by atomic mass is 16.3. The molecule has 19 heavy (non-hydrogen) atoms. The largest absolute Gasteiger partial charge is 0.383 e. The third-order valence-electron chi connectivity index (χ3n) is 2.92. The summed E-state index contributed by atoms with van der Waals surface area (Å²) in [5.41, 5.74) is 3.13. The van der Waals surface area contributed by atoms with Gasteiger partial charge in [-0.25, -0.2) is 9.97 Å². The Labute approximate surface area is 110 Å². The minimum absolute atomic E-state index is 0.640. The summed E-state index contributed by atoms with van der Waals surface area (Å²) in [7, 11) is 0. The van der Waals surface area contributed by atoms with Crippen molar-refractivity contribution >= 4 is 0 Å². The molecule has 2 heterocycles. The van der Waals surface area contributed by atoms with Crippen molar-refractivity contribution in [2.45, 2.75) is 6.10 Å². The van der Waals surface area contributed by atoms with E-state index >= 15 is 0 Å². The minimum Gasteiger partial charge on any atom is -0.383 e. The predicted molar refractivity (Wildman–Crippen MR) is 70.1 cm³/mol. The molecule has 0 saturated heterocycles. The second-order valence-corrected chi connectivity index (χ2v) is 4.14. The van der Waals surface area contributed by atoms with Crippen LogP contribution in [0.4, 0.5) is 0 Å². The number of aliphatic hydroxyl groups excluding tert-OH is 1. The van der Waals surface area contributed by atoms with E-state index in [-0.39, 0.29) is 0 Å². The Kier molecular flexibility index (Phi) is 3.04. The van der Waals surface area contributed by atoms with E-state index in [0.717, 1.165) is 11.3 Å². The summed E-state index contributed by atoms with van der Waals surface area (Å²) in [4.78, 5) is 7.83. The van der Waals surface area contributed by atoms with Gasteiger partial charge in [-0.15, -0.1) is 0 Å². The molecule has 0 aliphatic rings. The van der Waals surface area contributed by atoms with Crippen molar-refractivity contribution in [1.29, 1.82) is 0 Å². The number of aromatic nitrogens is 4. The van der Waals surface area contributed by atoms with Crippen LogP contribution in [0.15, 0.2) is 55.2 Å². The number of nitrogens with zero attached hydrogens (tertiary/aromatic N) is 3. The van der Waals surface area contributed by atoms with Gasteiger partial charge in [0.25, 0.3) is 0 Å². The molecule has 0 fully saturated rings. The van der Waals surface area contributed by atoms with Gasteiger partial charge >= 0.3 is 0 Å². The summed E-state index contributed by atoms with van der Waals surface area (Å²) in [5.74, 6) is 0. The zero-order valence-electron chi connectivity index (χ0n) is 10.1. The lowest BCUT2D eigenvalue weighted by atomic mass is 10.0. The van der Waals surface area contributed by atoms with Crippen LogP contribution < -0.4 is 0 Å². The summed E-state index contributed by atoms with van der Waals surface area (Å²) >= 11 is 0. The van der Waals surface area contributed by atoms with Crippen molar-refractivity contribution < 1.29 is 5.11 Å². The number of nitrogens with one attached hydrogen (secondary N) is 1. The van der Waals surface area contributed by atoms with Gasteiger partial charge in [-0.2, -0.15) is 5.10 Å². The van der Waals surface area contributed by atoms with Crippen LogP contribution in [0.3, 0.4) is 0 Å². The summed E-state index contributed by atoms with van der Waals surface area (Å²) < 4.78 is 0. The second-order valence-electron chi connectivity index (χ2n) is 4.14. The maximum absolute atomic E-state index is 10.4. The van der Waals surface area contributed by atoms with Crippen LogP contribution >= 0.6 is 0 Å². The molecule has 2 aromatic heterocycles. The van der Waals surface area contributed by atoms with Crippen molar-refractivity contribution in [3.63, 3.8) is 0 Å². The van der Waals surface area contributed by atoms with Crippen molar-refractivity contribution in [3.05, 3.63) is 66.4 Å². The van der Waals surface area contributed by atoms with Crippen LogP contribution in [0.1, 0.15) is 17.2 Å². The van der Waals surface area contributed by atoms with E-state index in [1.54, 1.807) is 18.6 Å². The first kappa shape index (κ1) is 11.6. The van der Waals surface area contributed by atoms with Gasteiger partial charge in [-0.1, -0.05) is 30.3 Å². The fraction of sp³-hybridized carbons (Fsp3) is 0.0714. The first-order chi connectivity index (χ1) is 9.36. The van der Waals surface area contributed by atoms with Crippen LogP contribution in [0.5, 0.6) is 0 Å². The molecule has 0 aliphatic carbocycles. The summed E-state index contributed by atoms with van der Waals surface area (Å²) in [5, 5.41) is 17.3. The zero-order chi connectivity index (χ0) is 13.1. The van der Waals surface area contributed by atoms with Gasteiger partial charge in [0, 0.05) is 23.5 Å². The number of hydrogen-bond acceptors (Lipinski definition) is 4. The molecule has 1 unspecified atom stereocenters. The Balaban J connectivity index is 2.01. The fourth-order valence-corrected chi connectivity index (χ4v) is 1.97. The Bertz CT molecular complexity index is 651. The van der Waals surface area contributed by atoms with Gasteiger partial charge < -0.3 is 5.11 Å². The van der Waals surface area contributed by atoms with Gasteiger partial charge in [0.2, 0.25) is 0 Å². The lowest BCUT2D eigenvalue weighted by Crippen LogP contribution is -2.01. The quantitative estimate of drug-likeness (QED) is 0.747. The highest BCUT2D eigenvalue weighted by molar-refractivity contribution is 5.63. The zero-order valence-corrected chi connectivity index (χ0v) is 10.1. The van der Waals surface area contributed by atoms with Crippen LogP contribution in [0.2, 0.25) is 0 Å². The highest BCUT2D eigenvalue weighted by Gasteiger charge is 2.17. The molecule has 5 nitrogen and oxygen atoms in total. The molecule has 1 atom stereocenters. The van der Waals surface area contributed by atoms with Gasteiger partial charge in [-0.3, -0.25) is 5.10 Å². The highest BCUT2D eigenvalue weighted by Crippen LogP contribution is 2.29. The molecular formula is C14H12N4O. The Morgan fingerprint density at radius 3 is 2.47 bits per heavy atom. The van der Waals surface area contributed by atoms with E-state index in [9.17, 15) is 5.11 Å². The Morgan fingerprint density at radius 1 is 1.00 bits per heavy atom. The summed E-state index contributed by atoms with van der Waals surface area (Å²) in [6.45, 7) is 0. The molecule has 0 bridgehead atoms. The Morgan fingerprint density at radius 2 is 1.74 bits per heavy atom. The normalized spacial score (nSPS) is 12.3. The summed E-state index contributed by atoms with van der Waals surface area (Å²) in [6, 6.07) is 9.76. The van der Waals surface area contributed by atoms with Crippen LogP contribution in [0.25, 0.3) is 11.3 Å². The first-order valence-corrected chi connectivity index (χ1v) is 5.88. The number of H-pyrrole nitrogens is 1. The molecule has 2 N–H and O–H groups in total. The van der Waals surface area contributed by atoms with E-state index in [0.29, 0.717) is 11.1 Å². The van der Waals surface area contributed by atoms with Crippen molar-refractivity contribution in [2.75, 3.05) is 0 Å². The predicted octanol–water partition coefficient (Wildman–Crippen LogP) is 1.95. The molecule has 0 amide bonds. The standard InChI is InChI=1S/C14H12N4O/c19-14(11-6-15-9-16-7-11)12-8-17-18-13(12)10-4-2-1-3-5-10/h1-9,14,19H,(H,17,18). The molecular weight excluding hydrogens is 240 g/mol. The SMILES string of the molecule is OC(c1cncnc1)c1cn[nH]c1-c1ccccc1. The second kappa shape index (κ2) is 4.99. The molecule has 3 aromatic rings. The average molecular weight is 252 g/mol. The molecule has 0 saturated carbocycles. The maximum atomic E-state index is 10.4. The van der Waals surface area contributed by atoms with Gasteiger partial charge in [0.05, 0.1) is 11.9 Å². The van der Waals surface area contributed by atoms with E-state index in [4.69, 9.17) is 0 Å². The number of benzene rings is 1. The molecule has 0 aliphatic heterocycles. The fourth-order valence-electron chi connectivity index (χ4n) is 1.97. The molecule has 0 spiro atoms. The first-order valence-electron chi connectivity index (χ1n) is 5.88. The van der Waals surface area contributed by atoms with Crippen molar-refractivity contribution in [1.82, 2.24) is 20.2 Å². The monoisotopic (exact) mass is 252 g/mol. The summed E-state index contributed by atoms with van der Waals surface area (Å²) in [6.07, 6.45) is 5.46. The van der Waals surface area contributed by atoms with Gasteiger partial charge in [-0.05, 0) is 5.56 Å². The Hall–Kier alpha value is -2.53. The molecule has 94 valence electrons. The average Bonchev–Trinajstić information content (AvgIpc) is 2.98. The molecule has 5 heteroatoms. The third kappa shape index (κ3) is 2.23. The number of aliphatic hydroxyl groups is 1.